The van der Waals surface area contributed by atoms with E-state index in [1.165, 1.54) is 16.4 Å². The van der Waals surface area contributed by atoms with Crippen LogP contribution in [0, 0.1) is 0 Å². The van der Waals surface area contributed by atoms with Gasteiger partial charge in [0.2, 0.25) is 11.1 Å². The molecule has 9 heteroatoms. The lowest BCUT2D eigenvalue weighted by Crippen LogP contribution is -2.24. The van der Waals surface area contributed by atoms with Crippen LogP contribution in [0.5, 0.6) is 11.5 Å². The number of carbonyl (C=O) groups excluding carboxylic acids is 1. The first-order valence-corrected chi connectivity index (χ1v) is 9.60. The van der Waals surface area contributed by atoms with Crippen LogP contribution in [0.1, 0.15) is 11.1 Å². The van der Waals surface area contributed by atoms with E-state index in [-0.39, 0.29) is 11.7 Å². The van der Waals surface area contributed by atoms with Crippen LogP contribution in [0.25, 0.3) is 0 Å². The molecular weight excluding hydrogens is 378 g/mol. The number of benzene rings is 2. The van der Waals surface area contributed by atoms with E-state index in [9.17, 15) is 4.79 Å². The minimum Gasteiger partial charge on any atom is -0.493 e. The molecule has 0 radical (unpaired) electrons. The molecule has 0 aliphatic rings. The van der Waals surface area contributed by atoms with Crippen LogP contribution in [0.4, 0.5) is 0 Å². The molecule has 3 aromatic rings. The highest BCUT2D eigenvalue weighted by atomic mass is 32.2. The van der Waals surface area contributed by atoms with Crippen LogP contribution in [0.3, 0.4) is 0 Å². The number of rotatable bonds is 9. The minimum absolute atomic E-state index is 0.101. The predicted octanol–water partition coefficient (Wildman–Crippen LogP) is 2.21. The molecular formula is C19H21N5O3S. The highest BCUT2D eigenvalue weighted by Gasteiger charge is 2.10. The Kier molecular flexibility index (Phi) is 6.85. The summed E-state index contributed by atoms with van der Waals surface area (Å²) in [6.07, 6.45) is 0. The van der Waals surface area contributed by atoms with Gasteiger partial charge >= 0.3 is 0 Å². The normalized spacial score (nSPS) is 10.5. The zero-order valence-corrected chi connectivity index (χ0v) is 16.5. The molecule has 0 saturated heterocycles. The van der Waals surface area contributed by atoms with Crippen molar-refractivity contribution in [2.24, 2.45) is 7.05 Å². The van der Waals surface area contributed by atoms with Crippen molar-refractivity contribution in [3.05, 3.63) is 59.7 Å². The lowest BCUT2D eigenvalue weighted by molar-refractivity contribution is -0.118. The lowest BCUT2D eigenvalue weighted by atomic mass is 10.2. The van der Waals surface area contributed by atoms with E-state index in [2.05, 4.69) is 20.8 Å². The Hall–Kier alpha value is -3.07. The molecule has 0 spiro atoms. The summed E-state index contributed by atoms with van der Waals surface area (Å²) < 4.78 is 12.8. The molecule has 1 aromatic heterocycles. The van der Waals surface area contributed by atoms with Crippen molar-refractivity contribution >= 4 is 17.7 Å². The van der Waals surface area contributed by atoms with Crippen molar-refractivity contribution in [2.45, 2.75) is 18.3 Å². The SMILES string of the molecule is COc1cc(CNC(=O)CSc2nnnn2C)ccc1OCc1ccccc1. The average Bonchev–Trinajstić information content (AvgIpc) is 3.15. The number of thioether (sulfide) groups is 1. The summed E-state index contributed by atoms with van der Waals surface area (Å²) in [4.78, 5) is 12.0. The smallest absolute Gasteiger partial charge is 0.230 e. The van der Waals surface area contributed by atoms with Crippen molar-refractivity contribution in [3.63, 3.8) is 0 Å². The Morgan fingerprint density at radius 1 is 1.14 bits per heavy atom. The monoisotopic (exact) mass is 399 g/mol. The Balaban J connectivity index is 1.51. The number of tetrazole rings is 1. The Morgan fingerprint density at radius 2 is 1.96 bits per heavy atom. The van der Waals surface area contributed by atoms with Crippen LogP contribution in [0.15, 0.2) is 53.7 Å². The number of nitrogens with zero attached hydrogens (tertiary/aromatic N) is 4. The van der Waals surface area contributed by atoms with Gasteiger partial charge in [-0.15, -0.1) is 5.10 Å². The first-order valence-electron chi connectivity index (χ1n) is 8.61. The summed E-state index contributed by atoms with van der Waals surface area (Å²) in [6.45, 7) is 0.854. The van der Waals surface area contributed by atoms with E-state index in [1.54, 1.807) is 14.2 Å². The van der Waals surface area contributed by atoms with Crippen molar-refractivity contribution in [3.8, 4) is 11.5 Å². The summed E-state index contributed by atoms with van der Waals surface area (Å²) in [5.74, 6) is 1.43. The molecule has 1 heterocycles. The number of aromatic nitrogens is 4. The largest absolute Gasteiger partial charge is 0.493 e. The second-order valence-electron chi connectivity index (χ2n) is 5.91. The third-order valence-corrected chi connectivity index (χ3v) is 4.88. The number of hydrogen-bond acceptors (Lipinski definition) is 7. The van der Waals surface area contributed by atoms with Crippen LogP contribution in [-0.2, 0) is 25.0 Å². The first kappa shape index (κ1) is 19.7. The number of hydrogen-bond donors (Lipinski definition) is 1. The van der Waals surface area contributed by atoms with Gasteiger partial charge in [0.05, 0.1) is 12.9 Å². The standard InChI is InChI=1S/C19H21N5O3S/c1-24-19(21-22-23-24)28-13-18(25)20-11-15-8-9-16(17(10-15)26-2)27-12-14-6-4-3-5-7-14/h3-10H,11-13H2,1-2H3,(H,20,25). The predicted molar refractivity (Wildman–Crippen MR) is 105 cm³/mol. The van der Waals surface area contributed by atoms with Gasteiger partial charge in [-0.2, -0.15) is 0 Å². The molecule has 146 valence electrons. The molecule has 0 unspecified atom stereocenters. The Morgan fingerprint density at radius 3 is 2.68 bits per heavy atom. The van der Waals surface area contributed by atoms with E-state index in [0.717, 1.165) is 11.1 Å². The second kappa shape index (κ2) is 9.75. The topological polar surface area (TPSA) is 91.2 Å². The molecule has 0 aliphatic heterocycles. The van der Waals surface area contributed by atoms with Crippen LogP contribution >= 0.6 is 11.8 Å². The quantitative estimate of drug-likeness (QED) is 0.552. The number of methoxy groups -OCH3 is 1. The molecule has 3 rings (SSSR count). The molecule has 0 atom stereocenters. The van der Waals surface area contributed by atoms with Crippen molar-refractivity contribution in [2.75, 3.05) is 12.9 Å². The third kappa shape index (κ3) is 5.46. The molecule has 0 fully saturated rings. The van der Waals surface area contributed by atoms with Gasteiger partial charge in [-0.1, -0.05) is 48.2 Å². The molecule has 0 aliphatic carbocycles. The zero-order chi connectivity index (χ0) is 19.8. The van der Waals surface area contributed by atoms with Gasteiger partial charge in [0.25, 0.3) is 0 Å². The summed E-state index contributed by atoms with van der Waals surface area (Å²) in [6, 6.07) is 15.5. The van der Waals surface area contributed by atoms with Gasteiger partial charge in [0.15, 0.2) is 11.5 Å². The highest BCUT2D eigenvalue weighted by Crippen LogP contribution is 2.28. The number of carbonyl (C=O) groups is 1. The molecule has 0 bridgehead atoms. The molecule has 1 N–H and O–H groups in total. The number of amides is 1. The van der Waals surface area contributed by atoms with E-state index < -0.39 is 0 Å². The fraction of sp³-hybridized carbons (Fsp3) is 0.263. The summed E-state index contributed by atoms with van der Waals surface area (Å²) in [7, 11) is 3.33. The van der Waals surface area contributed by atoms with Gasteiger partial charge in [-0.25, -0.2) is 4.68 Å². The average molecular weight is 399 g/mol. The first-order chi connectivity index (χ1) is 13.7. The van der Waals surface area contributed by atoms with Crippen molar-refractivity contribution < 1.29 is 14.3 Å². The maximum atomic E-state index is 12.0. The van der Waals surface area contributed by atoms with Gasteiger partial charge in [0, 0.05) is 13.6 Å². The van der Waals surface area contributed by atoms with E-state index in [1.807, 2.05) is 48.5 Å². The third-order valence-electron chi connectivity index (χ3n) is 3.87. The Bertz CT molecular complexity index is 917. The van der Waals surface area contributed by atoms with E-state index >= 15 is 0 Å². The van der Waals surface area contributed by atoms with Gasteiger partial charge < -0.3 is 14.8 Å². The van der Waals surface area contributed by atoms with Crippen LogP contribution in [-0.4, -0.2) is 39.0 Å². The summed E-state index contributed by atoms with van der Waals surface area (Å²) in [5, 5.41) is 14.6. The fourth-order valence-electron chi connectivity index (χ4n) is 2.40. The maximum absolute atomic E-state index is 12.0. The summed E-state index contributed by atoms with van der Waals surface area (Å²) >= 11 is 1.28. The van der Waals surface area contributed by atoms with Gasteiger partial charge in [-0.3, -0.25) is 4.79 Å². The molecule has 1 amide bonds. The van der Waals surface area contributed by atoms with Crippen LogP contribution < -0.4 is 14.8 Å². The highest BCUT2D eigenvalue weighted by molar-refractivity contribution is 7.99. The molecule has 2 aromatic carbocycles. The Labute approximate surface area is 167 Å². The zero-order valence-electron chi connectivity index (χ0n) is 15.7. The minimum atomic E-state index is -0.101. The fourth-order valence-corrected chi connectivity index (χ4v) is 3.08. The van der Waals surface area contributed by atoms with Gasteiger partial charge in [-0.05, 0) is 33.7 Å². The van der Waals surface area contributed by atoms with E-state index in [4.69, 9.17) is 9.47 Å². The number of nitrogens with one attached hydrogen (secondary N) is 1. The maximum Gasteiger partial charge on any atom is 0.230 e. The lowest BCUT2D eigenvalue weighted by Gasteiger charge is -2.13. The van der Waals surface area contributed by atoms with Crippen molar-refractivity contribution in [1.82, 2.24) is 25.5 Å². The number of ether oxygens (including phenoxy) is 2. The summed E-state index contributed by atoms with van der Waals surface area (Å²) in [5.41, 5.74) is 2.00. The second-order valence-corrected chi connectivity index (χ2v) is 6.85. The van der Waals surface area contributed by atoms with Crippen molar-refractivity contribution in [1.29, 1.82) is 0 Å². The van der Waals surface area contributed by atoms with Gasteiger partial charge in [0.1, 0.15) is 6.61 Å². The number of aryl methyl sites for hydroxylation is 1. The van der Waals surface area contributed by atoms with E-state index in [0.29, 0.717) is 29.8 Å². The van der Waals surface area contributed by atoms with Crippen LogP contribution in [0.2, 0.25) is 0 Å². The molecule has 8 nitrogen and oxygen atoms in total. The molecule has 28 heavy (non-hydrogen) atoms. The molecule has 0 saturated carbocycles.